The van der Waals surface area contributed by atoms with E-state index in [1.54, 1.807) is 0 Å². The molecule has 0 radical (unpaired) electrons. The van der Waals surface area contributed by atoms with Crippen LogP contribution in [-0.4, -0.2) is 28.9 Å². The maximum atomic E-state index is 5.79. The highest BCUT2D eigenvalue weighted by Gasteiger charge is 2.43. The van der Waals surface area contributed by atoms with Gasteiger partial charge in [-0.1, -0.05) is 5.16 Å². The molecule has 5 nitrogen and oxygen atoms in total. The van der Waals surface area contributed by atoms with E-state index in [1.165, 1.54) is 6.42 Å². The standard InChI is InChI=1S/C11H17N3O2/c12-5-1-2-10-13-11(14-16-10)8-6-7-3-4-9(8)15-7/h7-9H,1-6,12H2. The molecule has 2 N–H and O–H groups in total. The second-order valence-corrected chi connectivity index (χ2v) is 4.65. The number of ether oxygens (including phenoxy) is 1. The Hall–Kier alpha value is -0.940. The summed E-state index contributed by atoms with van der Waals surface area (Å²) in [7, 11) is 0. The second-order valence-electron chi connectivity index (χ2n) is 4.65. The van der Waals surface area contributed by atoms with Gasteiger partial charge in [0.15, 0.2) is 5.82 Å². The number of rotatable bonds is 4. The molecule has 2 bridgehead atoms. The van der Waals surface area contributed by atoms with E-state index in [4.69, 9.17) is 15.0 Å². The predicted octanol–water partition coefficient (Wildman–Crippen LogP) is 0.996. The van der Waals surface area contributed by atoms with Gasteiger partial charge in [-0.15, -0.1) is 0 Å². The minimum Gasteiger partial charge on any atom is -0.374 e. The summed E-state index contributed by atoms with van der Waals surface area (Å²) in [6.07, 6.45) is 5.83. The van der Waals surface area contributed by atoms with Crippen LogP contribution in [0.15, 0.2) is 4.52 Å². The van der Waals surface area contributed by atoms with Gasteiger partial charge < -0.3 is 15.0 Å². The van der Waals surface area contributed by atoms with E-state index in [0.29, 0.717) is 30.6 Å². The fraction of sp³-hybridized carbons (Fsp3) is 0.818. The Labute approximate surface area is 94.3 Å². The third-order valence-electron chi connectivity index (χ3n) is 3.52. The normalized spacial score (nSPS) is 32.4. The average Bonchev–Trinajstić information content (AvgIpc) is 3.01. The molecule has 5 heteroatoms. The highest BCUT2D eigenvalue weighted by Crippen LogP contribution is 2.43. The van der Waals surface area contributed by atoms with Crippen LogP contribution in [0.3, 0.4) is 0 Å². The van der Waals surface area contributed by atoms with Crippen LogP contribution in [0, 0.1) is 0 Å². The molecule has 2 saturated heterocycles. The molecule has 3 heterocycles. The molecule has 3 atom stereocenters. The number of hydrogen-bond donors (Lipinski definition) is 1. The Morgan fingerprint density at radius 2 is 2.31 bits per heavy atom. The van der Waals surface area contributed by atoms with E-state index in [9.17, 15) is 0 Å². The van der Waals surface area contributed by atoms with Crippen LogP contribution >= 0.6 is 0 Å². The number of nitrogens with two attached hydrogens (primary N) is 1. The molecule has 1 aromatic rings. The van der Waals surface area contributed by atoms with Crippen molar-refractivity contribution in [1.29, 1.82) is 0 Å². The molecule has 2 fully saturated rings. The summed E-state index contributed by atoms with van der Waals surface area (Å²) in [5, 5.41) is 4.06. The van der Waals surface area contributed by atoms with Crippen molar-refractivity contribution in [2.24, 2.45) is 5.73 Å². The van der Waals surface area contributed by atoms with Crippen LogP contribution in [0.5, 0.6) is 0 Å². The number of aryl methyl sites for hydroxylation is 1. The molecule has 0 aliphatic carbocycles. The van der Waals surface area contributed by atoms with Gasteiger partial charge >= 0.3 is 0 Å². The first kappa shape index (κ1) is 10.2. The Balaban J connectivity index is 1.68. The lowest BCUT2D eigenvalue weighted by Gasteiger charge is -2.13. The Morgan fingerprint density at radius 1 is 1.38 bits per heavy atom. The van der Waals surface area contributed by atoms with Gasteiger partial charge in [0.2, 0.25) is 5.89 Å². The summed E-state index contributed by atoms with van der Waals surface area (Å²) in [6, 6.07) is 0. The van der Waals surface area contributed by atoms with Crippen molar-refractivity contribution in [3.63, 3.8) is 0 Å². The van der Waals surface area contributed by atoms with Crippen molar-refractivity contribution in [1.82, 2.24) is 10.1 Å². The molecule has 0 aromatic carbocycles. The van der Waals surface area contributed by atoms with Crippen molar-refractivity contribution in [2.45, 2.75) is 50.2 Å². The molecule has 0 spiro atoms. The zero-order valence-corrected chi connectivity index (χ0v) is 9.26. The fourth-order valence-corrected chi connectivity index (χ4v) is 2.68. The summed E-state index contributed by atoms with van der Waals surface area (Å²) in [5.41, 5.74) is 5.44. The molecule has 0 saturated carbocycles. The summed E-state index contributed by atoms with van der Waals surface area (Å²) < 4.78 is 11.0. The molecular formula is C11H17N3O2. The SMILES string of the molecule is NCCCc1nc(C2CC3CCC2O3)no1. The van der Waals surface area contributed by atoms with Gasteiger partial charge in [0.1, 0.15) is 0 Å². The second kappa shape index (κ2) is 4.14. The van der Waals surface area contributed by atoms with Gasteiger partial charge in [0.25, 0.3) is 0 Å². The smallest absolute Gasteiger partial charge is 0.226 e. The molecule has 2 aliphatic heterocycles. The molecular weight excluding hydrogens is 206 g/mol. The zero-order chi connectivity index (χ0) is 11.0. The lowest BCUT2D eigenvalue weighted by atomic mass is 9.89. The van der Waals surface area contributed by atoms with E-state index in [0.717, 1.165) is 31.5 Å². The molecule has 1 aromatic heterocycles. The Bertz CT molecular complexity index is 366. The van der Waals surface area contributed by atoms with E-state index in [-0.39, 0.29) is 0 Å². The van der Waals surface area contributed by atoms with Gasteiger partial charge in [-0.2, -0.15) is 4.98 Å². The third-order valence-corrected chi connectivity index (χ3v) is 3.52. The van der Waals surface area contributed by atoms with Crippen LogP contribution < -0.4 is 5.73 Å². The molecule has 3 unspecified atom stereocenters. The third kappa shape index (κ3) is 1.74. The fourth-order valence-electron chi connectivity index (χ4n) is 2.68. The topological polar surface area (TPSA) is 74.2 Å². The first-order valence-electron chi connectivity index (χ1n) is 6.05. The van der Waals surface area contributed by atoms with E-state index in [2.05, 4.69) is 10.1 Å². The Morgan fingerprint density at radius 3 is 3.00 bits per heavy atom. The minimum atomic E-state index is 0.324. The van der Waals surface area contributed by atoms with Crippen LogP contribution in [0.25, 0.3) is 0 Å². The van der Waals surface area contributed by atoms with Gasteiger partial charge in [-0.3, -0.25) is 0 Å². The van der Waals surface area contributed by atoms with Crippen molar-refractivity contribution in [3.05, 3.63) is 11.7 Å². The first-order chi connectivity index (χ1) is 7.86. The highest BCUT2D eigenvalue weighted by atomic mass is 16.5. The van der Waals surface area contributed by atoms with Crippen molar-refractivity contribution in [3.8, 4) is 0 Å². The lowest BCUT2D eigenvalue weighted by molar-refractivity contribution is 0.0996. The maximum absolute atomic E-state index is 5.79. The van der Waals surface area contributed by atoms with Crippen LogP contribution in [0.4, 0.5) is 0 Å². The first-order valence-corrected chi connectivity index (χ1v) is 6.05. The maximum Gasteiger partial charge on any atom is 0.226 e. The van der Waals surface area contributed by atoms with Gasteiger partial charge in [-0.05, 0) is 32.2 Å². The quantitative estimate of drug-likeness (QED) is 0.824. The molecule has 88 valence electrons. The van der Waals surface area contributed by atoms with Crippen LogP contribution in [0.2, 0.25) is 0 Å². The molecule has 0 amide bonds. The van der Waals surface area contributed by atoms with Crippen LogP contribution in [0.1, 0.15) is 43.3 Å². The summed E-state index contributed by atoms with van der Waals surface area (Å²) in [5.74, 6) is 1.90. The van der Waals surface area contributed by atoms with E-state index < -0.39 is 0 Å². The molecule has 3 rings (SSSR count). The predicted molar refractivity (Wildman–Crippen MR) is 56.9 cm³/mol. The Kier molecular flexibility index (Phi) is 2.65. The lowest BCUT2D eigenvalue weighted by Crippen LogP contribution is -2.15. The monoisotopic (exact) mass is 223 g/mol. The number of aromatic nitrogens is 2. The van der Waals surface area contributed by atoms with E-state index in [1.807, 2.05) is 0 Å². The zero-order valence-electron chi connectivity index (χ0n) is 9.26. The number of nitrogens with zero attached hydrogens (tertiary/aromatic N) is 2. The summed E-state index contributed by atoms with van der Waals surface area (Å²) in [4.78, 5) is 4.44. The van der Waals surface area contributed by atoms with E-state index >= 15 is 0 Å². The largest absolute Gasteiger partial charge is 0.374 e. The van der Waals surface area contributed by atoms with Gasteiger partial charge in [-0.25, -0.2) is 0 Å². The number of hydrogen-bond acceptors (Lipinski definition) is 5. The number of fused-ring (bicyclic) bond motifs is 2. The molecule has 16 heavy (non-hydrogen) atoms. The van der Waals surface area contributed by atoms with Crippen molar-refractivity contribution >= 4 is 0 Å². The molecule has 2 aliphatic rings. The van der Waals surface area contributed by atoms with Crippen LogP contribution in [-0.2, 0) is 11.2 Å². The van der Waals surface area contributed by atoms with Gasteiger partial charge in [0, 0.05) is 6.42 Å². The van der Waals surface area contributed by atoms with Crippen molar-refractivity contribution in [2.75, 3.05) is 6.54 Å². The summed E-state index contributed by atoms with van der Waals surface area (Å²) in [6.45, 7) is 0.662. The highest BCUT2D eigenvalue weighted by molar-refractivity contribution is 5.06. The minimum absolute atomic E-state index is 0.324. The van der Waals surface area contributed by atoms with Crippen molar-refractivity contribution < 1.29 is 9.26 Å². The van der Waals surface area contributed by atoms with Gasteiger partial charge in [0.05, 0.1) is 18.1 Å². The average molecular weight is 223 g/mol. The summed E-state index contributed by atoms with van der Waals surface area (Å²) >= 11 is 0.